The first-order valence-electron chi connectivity index (χ1n) is 5.04. The maximum absolute atomic E-state index is 11.5. The highest BCUT2D eigenvalue weighted by atomic mass is 16.1. The summed E-state index contributed by atoms with van der Waals surface area (Å²) in [7, 11) is 0. The van der Waals surface area contributed by atoms with Crippen LogP contribution in [0.25, 0.3) is 0 Å². The summed E-state index contributed by atoms with van der Waals surface area (Å²) in [6.45, 7) is 1.95. The molecule has 14 heavy (non-hydrogen) atoms. The van der Waals surface area contributed by atoms with Crippen LogP contribution in [0.5, 0.6) is 0 Å². The first kappa shape index (κ1) is 9.20. The normalized spacial score (nSPS) is 24.5. The monoisotopic (exact) mass is 186 g/mol. The van der Waals surface area contributed by atoms with Crippen molar-refractivity contribution in [3.63, 3.8) is 0 Å². The van der Waals surface area contributed by atoms with Gasteiger partial charge in [-0.25, -0.2) is 0 Å². The number of rotatable bonds is 1. The van der Waals surface area contributed by atoms with E-state index in [-0.39, 0.29) is 0 Å². The first-order chi connectivity index (χ1) is 6.81. The molecular formula is C13H14O. The molecule has 0 spiro atoms. The van der Waals surface area contributed by atoms with Gasteiger partial charge in [-0.15, -0.1) is 0 Å². The van der Waals surface area contributed by atoms with Crippen LogP contribution in [-0.2, 0) is 4.79 Å². The Hall–Kier alpha value is -1.37. The van der Waals surface area contributed by atoms with Crippen LogP contribution in [0.1, 0.15) is 31.2 Å². The predicted octanol–water partition coefficient (Wildman–Crippen LogP) is 3.08. The number of hydrogen-bond acceptors (Lipinski definition) is 1. The van der Waals surface area contributed by atoms with Crippen molar-refractivity contribution < 1.29 is 4.79 Å². The number of carbonyl (C=O) groups is 1. The lowest BCUT2D eigenvalue weighted by molar-refractivity contribution is -0.114. The summed E-state index contributed by atoms with van der Waals surface area (Å²) in [4.78, 5) is 11.5. The Morgan fingerprint density at radius 3 is 2.50 bits per heavy atom. The number of benzene rings is 1. The Balaban J connectivity index is 2.21. The fourth-order valence-corrected chi connectivity index (χ4v) is 2.05. The maximum atomic E-state index is 11.5. The van der Waals surface area contributed by atoms with Crippen molar-refractivity contribution in [3.05, 3.63) is 47.5 Å². The molecular weight excluding hydrogens is 172 g/mol. The number of carbonyl (C=O) groups excluding carboxylic acids is 1. The smallest absolute Gasteiger partial charge is 0.159 e. The Bertz CT molecular complexity index is 362. The molecule has 0 unspecified atom stereocenters. The van der Waals surface area contributed by atoms with Crippen LogP contribution < -0.4 is 0 Å². The molecule has 0 amide bonds. The highest BCUT2D eigenvalue weighted by molar-refractivity contribution is 5.98. The third-order valence-corrected chi connectivity index (χ3v) is 2.88. The quantitative estimate of drug-likeness (QED) is 0.616. The average Bonchev–Trinajstić information content (AvgIpc) is 2.61. The largest absolute Gasteiger partial charge is 0.295 e. The van der Waals surface area contributed by atoms with Crippen LogP contribution >= 0.6 is 0 Å². The van der Waals surface area contributed by atoms with Crippen molar-refractivity contribution in [2.75, 3.05) is 0 Å². The van der Waals surface area contributed by atoms with Gasteiger partial charge in [0.2, 0.25) is 0 Å². The summed E-state index contributed by atoms with van der Waals surface area (Å²) in [5.74, 6) is 0.733. The Kier molecular flexibility index (Phi) is 2.49. The zero-order valence-electron chi connectivity index (χ0n) is 8.36. The second-order valence-electron chi connectivity index (χ2n) is 3.75. The molecule has 1 aromatic carbocycles. The lowest BCUT2D eigenvalue weighted by Gasteiger charge is -2.06. The van der Waals surface area contributed by atoms with Crippen LogP contribution in [0.3, 0.4) is 0 Å². The molecule has 0 saturated heterocycles. The topological polar surface area (TPSA) is 17.1 Å². The lowest BCUT2D eigenvalue weighted by Crippen LogP contribution is -1.93. The summed E-state index contributed by atoms with van der Waals surface area (Å²) < 4.78 is 0. The molecule has 1 fully saturated rings. The van der Waals surface area contributed by atoms with Crippen LogP contribution in [0, 0.1) is 0 Å². The third-order valence-electron chi connectivity index (χ3n) is 2.88. The summed E-state index contributed by atoms with van der Waals surface area (Å²) in [6.07, 6.45) is 3.55. The number of hydrogen-bond donors (Lipinski definition) is 0. The molecule has 0 aromatic heterocycles. The Morgan fingerprint density at radius 2 is 1.93 bits per heavy atom. The second kappa shape index (κ2) is 3.79. The van der Waals surface area contributed by atoms with Crippen molar-refractivity contribution in [2.24, 2.45) is 0 Å². The van der Waals surface area contributed by atoms with Gasteiger partial charge in [-0.3, -0.25) is 4.79 Å². The Labute approximate surface area is 84.5 Å². The van der Waals surface area contributed by atoms with Crippen LogP contribution in [0.15, 0.2) is 42.0 Å². The van der Waals surface area contributed by atoms with E-state index in [0.29, 0.717) is 18.1 Å². The highest BCUT2D eigenvalue weighted by Gasteiger charge is 2.27. The fourth-order valence-electron chi connectivity index (χ4n) is 2.05. The lowest BCUT2D eigenvalue weighted by atomic mass is 9.97. The minimum absolute atomic E-state index is 0.321. The molecule has 0 aliphatic heterocycles. The van der Waals surface area contributed by atoms with E-state index in [0.717, 1.165) is 12.0 Å². The molecule has 1 saturated carbocycles. The number of Topliss-reactive ketones (excluding diaryl/α,β-unsaturated/α-hetero) is 1. The van der Waals surface area contributed by atoms with Gasteiger partial charge in [-0.1, -0.05) is 36.4 Å². The molecule has 1 aliphatic rings. The van der Waals surface area contributed by atoms with Crippen LogP contribution in [0.4, 0.5) is 0 Å². The van der Waals surface area contributed by atoms with Crippen LogP contribution in [0.2, 0.25) is 0 Å². The fraction of sp³-hybridized carbons (Fsp3) is 0.308. The molecule has 0 radical (unpaired) electrons. The molecule has 1 atom stereocenters. The third kappa shape index (κ3) is 1.63. The van der Waals surface area contributed by atoms with Gasteiger partial charge < -0.3 is 0 Å². The maximum Gasteiger partial charge on any atom is 0.159 e. The predicted molar refractivity (Wildman–Crippen MR) is 57.2 cm³/mol. The van der Waals surface area contributed by atoms with Crippen molar-refractivity contribution >= 4 is 5.78 Å². The van der Waals surface area contributed by atoms with E-state index in [1.165, 1.54) is 5.56 Å². The minimum Gasteiger partial charge on any atom is -0.295 e. The van der Waals surface area contributed by atoms with Gasteiger partial charge >= 0.3 is 0 Å². The number of allylic oxidation sites excluding steroid dienone is 2. The van der Waals surface area contributed by atoms with Crippen molar-refractivity contribution in [3.8, 4) is 0 Å². The van der Waals surface area contributed by atoms with Gasteiger partial charge in [0, 0.05) is 6.42 Å². The summed E-state index contributed by atoms with van der Waals surface area (Å²) in [6, 6.07) is 10.3. The zero-order chi connectivity index (χ0) is 9.97. The zero-order valence-corrected chi connectivity index (χ0v) is 8.36. The molecule has 1 nitrogen and oxygen atoms in total. The number of ketones is 1. The van der Waals surface area contributed by atoms with Crippen LogP contribution in [-0.4, -0.2) is 5.78 Å². The van der Waals surface area contributed by atoms with Crippen molar-refractivity contribution in [1.29, 1.82) is 0 Å². The average molecular weight is 186 g/mol. The summed E-state index contributed by atoms with van der Waals surface area (Å²) in [5.41, 5.74) is 2.29. The molecule has 1 heteroatoms. The minimum atomic E-state index is 0.321. The van der Waals surface area contributed by atoms with E-state index in [9.17, 15) is 4.79 Å². The molecule has 2 rings (SSSR count). The van der Waals surface area contributed by atoms with Gasteiger partial charge in [-0.05, 0) is 30.4 Å². The standard InChI is InChI=1S/C13H14O/c1-2-10-8-12(9-13(10)14)11-6-4-3-5-7-11/h2-7,12H,8-9H2,1H3/b10-2+/t12-/m1/s1. The SMILES string of the molecule is C/C=C1\C[C@@H](c2ccccc2)CC1=O. The van der Waals surface area contributed by atoms with E-state index in [2.05, 4.69) is 12.1 Å². The van der Waals surface area contributed by atoms with Gasteiger partial charge in [0.1, 0.15) is 0 Å². The van der Waals surface area contributed by atoms with Gasteiger partial charge in [0.05, 0.1) is 0 Å². The van der Waals surface area contributed by atoms with Crippen molar-refractivity contribution in [1.82, 2.24) is 0 Å². The molecule has 0 N–H and O–H groups in total. The molecule has 0 bridgehead atoms. The second-order valence-corrected chi connectivity index (χ2v) is 3.75. The molecule has 1 aliphatic carbocycles. The molecule has 1 aromatic rings. The van der Waals surface area contributed by atoms with Gasteiger partial charge in [0.25, 0.3) is 0 Å². The van der Waals surface area contributed by atoms with E-state index < -0.39 is 0 Å². The van der Waals surface area contributed by atoms with Gasteiger partial charge in [0.15, 0.2) is 5.78 Å². The Morgan fingerprint density at radius 1 is 1.21 bits per heavy atom. The first-order valence-corrected chi connectivity index (χ1v) is 5.04. The van der Waals surface area contributed by atoms with Crippen molar-refractivity contribution in [2.45, 2.75) is 25.7 Å². The summed E-state index contributed by atoms with van der Waals surface area (Å²) in [5, 5.41) is 0. The van der Waals surface area contributed by atoms with E-state index >= 15 is 0 Å². The molecule has 72 valence electrons. The van der Waals surface area contributed by atoms with E-state index in [4.69, 9.17) is 0 Å². The highest BCUT2D eigenvalue weighted by Crippen LogP contribution is 2.35. The summed E-state index contributed by atoms with van der Waals surface area (Å²) >= 11 is 0. The van der Waals surface area contributed by atoms with Gasteiger partial charge in [-0.2, -0.15) is 0 Å². The van der Waals surface area contributed by atoms with E-state index in [1.807, 2.05) is 31.2 Å². The molecule has 0 heterocycles. The van der Waals surface area contributed by atoms with E-state index in [1.54, 1.807) is 0 Å².